The van der Waals surface area contributed by atoms with Crippen LogP contribution in [0.4, 0.5) is 0 Å². The van der Waals surface area contributed by atoms with Crippen molar-refractivity contribution in [3.8, 4) is 0 Å². The Kier molecular flexibility index (Phi) is 7.32. The summed E-state index contributed by atoms with van der Waals surface area (Å²) < 4.78 is 5.37. The van der Waals surface area contributed by atoms with Gasteiger partial charge < -0.3 is 19.9 Å². The van der Waals surface area contributed by atoms with E-state index in [0.717, 1.165) is 57.5 Å². The normalized spacial score (nSPS) is 19.5. The van der Waals surface area contributed by atoms with E-state index >= 15 is 0 Å². The van der Waals surface area contributed by atoms with Crippen LogP contribution in [0, 0.1) is 0 Å². The Balaban J connectivity index is 1.45. The van der Waals surface area contributed by atoms with Gasteiger partial charge in [-0.1, -0.05) is 23.7 Å². The molecule has 8 heteroatoms. The fourth-order valence-corrected chi connectivity index (χ4v) is 3.48. The van der Waals surface area contributed by atoms with Crippen LogP contribution in [-0.2, 0) is 16.1 Å². The number of hydrogen-bond donors (Lipinski definition) is 1. The summed E-state index contributed by atoms with van der Waals surface area (Å²) in [6.07, 6.45) is 0. The van der Waals surface area contributed by atoms with Crippen LogP contribution in [0.2, 0.25) is 5.02 Å². The van der Waals surface area contributed by atoms with Gasteiger partial charge in [0, 0.05) is 57.9 Å². The zero-order chi connectivity index (χ0) is 19.1. The highest BCUT2D eigenvalue weighted by Gasteiger charge is 2.26. The number of amides is 1. The molecule has 2 fully saturated rings. The van der Waals surface area contributed by atoms with Gasteiger partial charge in [-0.05, 0) is 17.7 Å². The minimum Gasteiger partial charge on any atom is -0.379 e. The third kappa shape index (κ3) is 5.82. The van der Waals surface area contributed by atoms with E-state index in [1.165, 1.54) is 0 Å². The van der Waals surface area contributed by atoms with Crippen LogP contribution < -0.4 is 5.32 Å². The van der Waals surface area contributed by atoms with Gasteiger partial charge in [-0.2, -0.15) is 0 Å². The molecule has 0 aromatic heterocycles. The Morgan fingerprint density at radius 1 is 1.19 bits per heavy atom. The first kappa shape index (κ1) is 19.9. The van der Waals surface area contributed by atoms with Gasteiger partial charge in [0.05, 0.1) is 19.8 Å². The van der Waals surface area contributed by atoms with E-state index in [0.29, 0.717) is 24.7 Å². The molecule has 2 aliphatic rings. The van der Waals surface area contributed by atoms with Gasteiger partial charge in [0.25, 0.3) is 0 Å². The van der Waals surface area contributed by atoms with Crippen molar-refractivity contribution in [2.75, 3.05) is 66.1 Å². The molecule has 0 atom stereocenters. The summed E-state index contributed by atoms with van der Waals surface area (Å²) in [6, 6.07) is 7.65. The van der Waals surface area contributed by atoms with Gasteiger partial charge in [-0.3, -0.25) is 14.7 Å². The number of rotatable bonds is 5. The molecular weight excluding hydrogens is 366 g/mol. The summed E-state index contributed by atoms with van der Waals surface area (Å²) >= 11 is 5.93. The maximum atomic E-state index is 12.6. The van der Waals surface area contributed by atoms with Gasteiger partial charge >= 0.3 is 0 Å². The molecule has 3 rings (SSSR count). The topological polar surface area (TPSA) is 60.4 Å². The van der Waals surface area contributed by atoms with Gasteiger partial charge in [0.2, 0.25) is 5.91 Å². The predicted molar refractivity (Wildman–Crippen MR) is 107 cm³/mol. The number of carbonyl (C=O) groups is 1. The average molecular weight is 394 g/mol. The smallest absolute Gasteiger partial charge is 0.242 e. The number of piperazine rings is 1. The first-order valence-electron chi connectivity index (χ1n) is 9.43. The molecule has 2 aliphatic heterocycles. The molecule has 1 aromatic rings. The van der Waals surface area contributed by atoms with Gasteiger partial charge in [-0.25, -0.2) is 0 Å². The van der Waals surface area contributed by atoms with Crippen molar-refractivity contribution in [2.24, 2.45) is 4.99 Å². The number of aliphatic imine (C=N–C) groups is 1. The van der Waals surface area contributed by atoms with E-state index in [-0.39, 0.29) is 5.91 Å². The third-order valence-corrected chi connectivity index (χ3v) is 5.18. The number of nitrogens with one attached hydrogen (secondary N) is 1. The molecule has 0 bridgehead atoms. The van der Waals surface area contributed by atoms with Crippen molar-refractivity contribution in [1.82, 2.24) is 20.0 Å². The molecule has 1 aromatic carbocycles. The largest absolute Gasteiger partial charge is 0.379 e. The molecule has 2 saturated heterocycles. The molecule has 27 heavy (non-hydrogen) atoms. The van der Waals surface area contributed by atoms with E-state index in [2.05, 4.69) is 15.2 Å². The molecule has 1 N–H and O–H groups in total. The van der Waals surface area contributed by atoms with Crippen molar-refractivity contribution in [3.63, 3.8) is 0 Å². The number of halogens is 1. The molecule has 0 aliphatic carbocycles. The first-order chi connectivity index (χ1) is 13.2. The Hall–Kier alpha value is -1.83. The number of nitrogens with zero attached hydrogens (tertiary/aromatic N) is 4. The van der Waals surface area contributed by atoms with E-state index < -0.39 is 0 Å². The predicted octanol–water partition coefficient (Wildman–Crippen LogP) is 0.892. The summed E-state index contributed by atoms with van der Waals surface area (Å²) in [5, 5.41) is 4.10. The minimum atomic E-state index is 0.118. The second-order valence-corrected chi connectivity index (χ2v) is 7.23. The van der Waals surface area contributed by atoms with Gasteiger partial charge in [0.15, 0.2) is 5.96 Å². The van der Waals surface area contributed by atoms with Crippen molar-refractivity contribution in [3.05, 3.63) is 34.9 Å². The van der Waals surface area contributed by atoms with Crippen molar-refractivity contribution in [1.29, 1.82) is 0 Å². The monoisotopic (exact) mass is 393 g/mol. The maximum absolute atomic E-state index is 12.6. The first-order valence-corrected chi connectivity index (χ1v) is 9.81. The quantitative estimate of drug-likeness (QED) is 0.594. The minimum absolute atomic E-state index is 0.118. The second-order valence-electron chi connectivity index (χ2n) is 6.79. The number of guanidine groups is 1. The molecule has 0 saturated carbocycles. The Morgan fingerprint density at radius 3 is 2.59 bits per heavy atom. The molecule has 2 heterocycles. The lowest BCUT2D eigenvalue weighted by Gasteiger charge is -2.36. The van der Waals surface area contributed by atoms with Crippen molar-refractivity contribution in [2.45, 2.75) is 6.54 Å². The number of morpholine rings is 1. The van der Waals surface area contributed by atoms with Crippen LogP contribution in [0.15, 0.2) is 29.3 Å². The molecule has 7 nitrogen and oxygen atoms in total. The SMILES string of the molecule is CN=C(NCCN1CCOCC1)N1CCN(Cc2ccc(Cl)cc2)C(=O)C1. The summed E-state index contributed by atoms with van der Waals surface area (Å²) in [6.45, 7) is 7.75. The lowest BCUT2D eigenvalue weighted by molar-refractivity contribution is -0.135. The molecule has 1 amide bonds. The summed E-state index contributed by atoms with van der Waals surface area (Å²) in [5.41, 5.74) is 1.09. The van der Waals surface area contributed by atoms with Gasteiger partial charge in [-0.15, -0.1) is 0 Å². The van der Waals surface area contributed by atoms with Crippen LogP contribution in [0.5, 0.6) is 0 Å². The number of hydrogen-bond acceptors (Lipinski definition) is 4. The zero-order valence-electron chi connectivity index (χ0n) is 15.9. The van der Waals surface area contributed by atoms with Crippen molar-refractivity contribution >= 4 is 23.5 Å². The van der Waals surface area contributed by atoms with E-state index in [1.54, 1.807) is 7.05 Å². The lowest BCUT2D eigenvalue weighted by atomic mass is 10.2. The fourth-order valence-electron chi connectivity index (χ4n) is 3.35. The average Bonchev–Trinajstić information content (AvgIpc) is 2.69. The second kappa shape index (κ2) is 9.92. The van der Waals surface area contributed by atoms with Gasteiger partial charge in [0.1, 0.15) is 0 Å². The number of carbonyl (C=O) groups excluding carboxylic acids is 1. The Bertz CT molecular complexity index is 646. The van der Waals surface area contributed by atoms with Crippen LogP contribution in [0.1, 0.15) is 5.56 Å². The molecular formula is C19H28ClN5O2. The van der Waals surface area contributed by atoms with Crippen molar-refractivity contribution < 1.29 is 9.53 Å². The number of ether oxygens (including phenoxy) is 1. The molecule has 148 valence electrons. The highest BCUT2D eigenvalue weighted by molar-refractivity contribution is 6.30. The highest BCUT2D eigenvalue weighted by Crippen LogP contribution is 2.13. The molecule has 0 radical (unpaired) electrons. The van der Waals surface area contributed by atoms with Crippen LogP contribution in [-0.4, -0.2) is 92.6 Å². The highest BCUT2D eigenvalue weighted by atomic mass is 35.5. The summed E-state index contributed by atoms with van der Waals surface area (Å²) in [5.74, 6) is 0.912. The fraction of sp³-hybridized carbons (Fsp3) is 0.579. The Labute approximate surface area is 165 Å². The zero-order valence-corrected chi connectivity index (χ0v) is 16.6. The third-order valence-electron chi connectivity index (χ3n) is 4.93. The number of benzene rings is 1. The molecule has 0 unspecified atom stereocenters. The summed E-state index contributed by atoms with van der Waals surface area (Å²) in [7, 11) is 1.77. The van der Waals surface area contributed by atoms with Crippen LogP contribution in [0.3, 0.4) is 0 Å². The van der Waals surface area contributed by atoms with E-state index in [4.69, 9.17) is 16.3 Å². The summed E-state index contributed by atoms with van der Waals surface area (Å²) in [4.78, 5) is 23.2. The Morgan fingerprint density at radius 2 is 1.93 bits per heavy atom. The van der Waals surface area contributed by atoms with Crippen LogP contribution in [0.25, 0.3) is 0 Å². The van der Waals surface area contributed by atoms with E-state index in [1.807, 2.05) is 34.1 Å². The lowest BCUT2D eigenvalue weighted by Crippen LogP contribution is -2.55. The molecule has 0 spiro atoms. The van der Waals surface area contributed by atoms with Crippen LogP contribution >= 0.6 is 11.6 Å². The van der Waals surface area contributed by atoms with E-state index in [9.17, 15) is 4.79 Å². The standard InChI is InChI=1S/C19H28ClN5O2/c1-21-19(22-6-7-23-10-12-27-13-11-23)25-9-8-24(18(26)15-25)14-16-2-4-17(20)5-3-16/h2-5H,6-15H2,1H3,(H,21,22). The maximum Gasteiger partial charge on any atom is 0.242 e.